The Bertz CT molecular complexity index is 879. The third kappa shape index (κ3) is 3.06. The molecular weight excluding hydrogens is 332 g/mol. The van der Waals surface area contributed by atoms with Gasteiger partial charge in [-0.2, -0.15) is 0 Å². The van der Waals surface area contributed by atoms with Gasteiger partial charge in [0.1, 0.15) is 6.10 Å². The molecule has 0 spiro atoms. The molecule has 1 N–H and O–H groups in total. The molecule has 0 saturated carbocycles. The second kappa shape index (κ2) is 6.63. The van der Waals surface area contributed by atoms with E-state index in [0.29, 0.717) is 30.6 Å². The van der Waals surface area contributed by atoms with Crippen LogP contribution in [0.25, 0.3) is 0 Å². The van der Waals surface area contributed by atoms with E-state index in [2.05, 4.69) is 5.32 Å². The van der Waals surface area contributed by atoms with Crippen molar-refractivity contribution in [2.24, 2.45) is 0 Å². The van der Waals surface area contributed by atoms with Crippen LogP contribution in [-0.4, -0.2) is 42.3 Å². The average Bonchev–Trinajstić information content (AvgIpc) is 2.67. The number of cyclic esters (lactones) is 1. The summed E-state index contributed by atoms with van der Waals surface area (Å²) >= 11 is 0. The lowest BCUT2D eigenvalue weighted by Crippen LogP contribution is -2.50. The molecule has 2 amide bonds. The molecule has 2 aliphatic rings. The Morgan fingerprint density at radius 2 is 1.92 bits per heavy atom. The smallest absolute Gasteiger partial charge is 0.339 e. The molecule has 0 aromatic heterocycles. The Balaban J connectivity index is 1.61. The van der Waals surface area contributed by atoms with Crippen LogP contribution in [0.3, 0.4) is 0 Å². The molecule has 0 aliphatic carbocycles. The fraction of sp³-hybridized carbons (Fsp3) is 0.250. The Hall–Kier alpha value is -3.15. The fourth-order valence-electron chi connectivity index (χ4n) is 3.38. The van der Waals surface area contributed by atoms with Crippen LogP contribution in [0, 0.1) is 0 Å². The Kier molecular flexibility index (Phi) is 4.16. The van der Waals surface area contributed by atoms with E-state index in [1.165, 1.54) is 4.90 Å². The number of nitrogens with zero attached hydrogens (tertiary/aromatic N) is 1. The normalized spacial score (nSPS) is 19.4. The molecule has 1 saturated heterocycles. The Morgan fingerprint density at radius 1 is 1.12 bits per heavy atom. The summed E-state index contributed by atoms with van der Waals surface area (Å²) < 4.78 is 5.54. The number of fused-ring (bicyclic) bond motifs is 1. The number of rotatable bonds is 2. The van der Waals surface area contributed by atoms with Crippen molar-refractivity contribution in [3.05, 3.63) is 70.8 Å². The van der Waals surface area contributed by atoms with Crippen molar-refractivity contribution in [3.8, 4) is 0 Å². The van der Waals surface area contributed by atoms with Gasteiger partial charge < -0.3 is 15.0 Å². The van der Waals surface area contributed by atoms with Gasteiger partial charge in [0, 0.05) is 25.1 Å². The first-order valence-electron chi connectivity index (χ1n) is 8.56. The van der Waals surface area contributed by atoms with E-state index in [9.17, 15) is 14.4 Å². The molecule has 2 aromatic carbocycles. The maximum absolute atomic E-state index is 12.7. The van der Waals surface area contributed by atoms with Gasteiger partial charge in [-0.25, -0.2) is 4.79 Å². The zero-order valence-corrected chi connectivity index (χ0v) is 14.1. The molecule has 2 heterocycles. The standard InChI is InChI=1S/C20H18N2O4/c23-18-12-22(9-8-21-18)19(24)14-6-7-16-15(10-14)11-17(26-20(16)25)13-4-2-1-3-5-13/h1-7,10,17H,8-9,11-12H2,(H,21,23). The minimum atomic E-state index is -0.378. The monoisotopic (exact) mass is 350 g/mol. The first-order chi connectivity index (χ1) is 12.6. The number of carbonyl (C=O) groups is 3. The minimum absolute atomic E-state index is 0.0601. The van der Waals surface area contributed by atoms with Crippen LogP contribution in [0.1, 0.15) is 37.9 Å². The van der Waals surface area contributed by atoms with Crippen LogP contribution in [0.15, 0.2) is 48.5 Å². The lowest BCUT2D eigenvalue weighted by Gasteiger charge is -2.28. The number of amides is 2. The summed E-state index contributed by atoms with van der Waals surface area (Å²) in [6.45, 7) is 0.999. The Labute approximate surface area is 150 Å². The molecule has 132 valence electrons. The Morgan fingerprint density at radius 3 is 2.69 bits per heavy atom. The van der Waals surface area contributed by atoms with Gasteiger partial charge in [-0.3, -0.25) is 9.59 Å². The molecule has 2 aromatic rings. The SMILES string of the molecule is O=C1CN(C(=O)c2ccc3c(c2)CC(c2ccccc2)OC3=O)CCN1. The van der Waals surface area contributed by atoms with E-state index in [1.54, 1.807) is 18.2 Å². The van der Waals surface area contributed by atoms with Crippen molar-refractivity contribution in [2.75, 3.05) is 19.6 Å². The lowest BCUT2D eigenvalue weighted by atomic mass is 9.93. The minimum Gasteiger partial charge on any atom is -0.454 e. The number of carbonyl (C=O) groups excluding carboxylic acids is 3. The third-order valence-electron chi connectivity index (χ3n) is 4.72. The number of benzene rings is 2. The van der Waals surface area contributed by atoms with Crippen molar-refractivity contribution in [1.82, 2.24) is 10.2 Å². The lowest BCUT2D eigenvalue weighted by molar-refractivity contribution is -0.123. The van der Waals surface area contributed by atoms with Crippen LogP contribution in [0.2, 0.25) is 0 Å². The predicted molar refractivity (Wildman–Crippen MR) is 93.7 cm³/mol. The first-order valence-corrected chi connectivity index (χ1v) is 8.56. The van der Waals surface area contributed by atoms with Crippen molar-refractivity contribution in [1.29, 1.82) is 0 Å². The zero-order chi connectivity index (χ0) is 18.1. The van der Waals surface area contributed by atoms with Gasteiger partial charge in [0.25, 0.3) is 5.91 Å². The number of esters is 1. The molecule has 6 heteroatoms. The molecule has 1 unspecified atom stereocenters. The molecule has 26 heavy (non-hydrogen) atoms. The van der Waals surface area contributed by atoms with E-state index < -0.39 is 0 Å². The fourth-order valence-corrected chi connectivity index (χ4v) is 3.38. The largest absolute Gasteiger partial charge is 0.454 e. The summed E-state index contributed by atoms with van der Waals surface area (Å²) in [6, 6.07) is 14.6. The van der Waals surface area contributed by atoms with Crippen molar-refractivity contribution < 1.29 is 19.1 Å². The van der Waals surface area contributed by atoms with Crippen molar-refractivity contribution in [2.45, 2.75) is 12.5 Å². The number of hydrogen-bond acceptors (Lipinski definition) is 4. The molecule has 4 rings (SSSR count). The van der Waals surface area contributed by atoms with Gasteiger partial charge in [-0.05, 0) is 29.3 Å². The second-order valence-corrected chi connectivity index (χ2v) is 6.46. The summed E-state index contributed by atoms with van der Waals surface area (Å²) in [4.78, 5) is 38.1. The highest BCUT2D eigenvalue weighted by Gasteiger charge is 2.29. The molecule has 0 bridgehead atoms. The molecular formula is C20H18N2O4. The quantitative estimate of drug-likeness (QED) is 0.837. The van der Waals surface area contributed by atoms with E-state index in [0.717, 1.165) is 11.1 Å². The van der Waals surface area contributed by atoms with Crippen LogP contribution >= 0.6 is 0 Å². The van der Waals surface area contributed by atoms with Crippen LogP contribution in [0.5, 0.6) is 0 Å². The van der Waals surface area contributed by atoms with Crippen LogP contribution in [-0.2, 0) is 16.0 Å². The number of piperazine rings is 1. The van der Waals surface area contributed by atoms with Crippen LogP contribution < -0.4 is 5.32 Å². The molecule has 1 atom stereocenters. The van der Waals surface area contributed by atoms with E-state index in [1.807, 2.05) is 30.3 Å². The predicted octanol–water partition coefficient (Wildman–Crippen LogP) is 1.71. The van der Waals surface area contributed by atoms with Gasteiger partial charge in [-0.15, -0.1) is 0 Å². The highest BCUT2D eigenvalue weighted by atomic mass is 16.5. The highest BCUT2D eigenvalue weighted by molar-refractivity contribution is 5.99. The number of ether oxygens (including phenoxy) is 1. The average molecular weight is 350 g/mol. The van der Waals surface area contributed by atoms with E-state index in [4.69, 9.17) is 4.74 Å². The first kappa shape index (κ1) is 16.3. The molecule has 2 aliphatic heterocycles. The number of hydrogen-bond donors (Lipinski definition) is 1. The third-order valence-corrected chi connectivity index (χ3v) is 4.72. The zero-order valence-electron chi connectivity index (χ0n) is 14.1. The van der Waals surface area contributed by atoms with E-state index >= 15 is 0 Å². The van der Waals surface area contributed by atoms with Gasteiger partial charge in [0.2, 0.25) is 5.91 Å². The van der Waals surface area contributed by atoms with Crippen molar-refractivity contribution in [3.63, 3.8) is 0 Å². The molecule has 1 fully saturated rings. The second-order valence-electron chi connectivity index (χ2n) is 6.46. The van der Waals surface area contributed by atoms with E-state index in [-0.39, 0.29) is 30.4 Å². The van der Waals surface area contributed by atoms with Crippen molar-refractivity contribution >= 4 is 17.8 Å². The highest BCUT2D eigenvalue weighted by Crippen LogP contribution is 2.31. The van der Waals surface area contributed by atoms with Gasteiger partial charge in [-0.1, -0.05) is 30.3 Å². The maximum Gasteiger partial charge on any atom is 0.339 e. The van der Waals surface area contributed by atoms with Crippen LogP contribution in [0.4, 0.5) is 0 Å². The summed E-state index contributed by atoms with van der Waals surface area (Å²) in [5.74, 6) is -0.732. The summed E-state index contributed by atoms with van der Waals surface area (Å²) in [6.07, 6.45) is 0.162. The molecule has 6 nitrogen and oxygen atoms in total. The number of nitrogens with one attached hydrogen (secondary N) is 1. The van der Waals surface area contributed by atoms with Gasteiger partial charge in [0.15, 0.2) is 0 Å². The van der Waals surface area contributed by atoms with Gasteiger partial charge >= 0.3 is 5.97 Å². The maximum atomic E-state index is 12.7. The molecule has 0 radical (unpaired) electrons. The van der Waals surface area contributed by atoms with Gasteiger partial charge in [0.05, 0.1) is 12.1 Å². The topological polar surface area (TPSA) is 75.7 Å². The summed E-state index contributed by atoms with van der Waals surface area (Å²) in [5, 5.41) is 2.70. The summed E-state index contributed by atoms with van der Waals surface area (Å²) in [7, 11) is 0. The summed E-state index contributed by atoms with van der Waals surface area (Å²) in [5.41, 5.74) is 2.70.